The van der Waals surface area contributed by atoms with Crippen LogP contribution in [0.5, 0.6) is 5.75 Å². The van der Waals surface area contributed by atoms with Crippen LogP contribution >= 0.6 is 11.3 Å². The highest BCUT2D eigenvalue weighted by molar-refractivity contribution is 7.09. The summed E-state index contributed by atoms with van der Waals surface area (Å²) in [6.07, 6.45) is 0.711. The van der Waals surface area contributed by atoms with Gasteiger partial charge in [-0.15, -0.1) is 11.3 Å². The van der Waals surface area contributed by atoms with Gasteiger partial charge in [-0.2, -0.15) is 0 Å². The molecule has 0 spiro atoms. The van der Waals surface area contributed by atoms with E-state index in [0.717, 1.165) is 10.6 Å². The van der Waals surface area contributed by atoms with E-state index in [-0.39, 0.29) is 18.0 Å². The molecule has 5 nitrogen and oxygen atoms in total. The van der Waals surface area contributed by atoms with Gasteiger partial charge in [-0.3, -0.25) is 10.2 Å². The Morgan fingerprint density at radius 2 is 2.09 bits per heavy atom. The molecule has 1 amide bonds. The van der Waals surface area contributed by atoms with E-state index in [0.29, 0.717) is 19.6 Å². The van der Waals surface area contributed by atoms with Crippen molar-refractivity contribution in [2.75, 3.05) is 6.61 Å². The van der Waals surface area contributed by atoms with Crippen molar-refractivity contribution in [3.05, 3.63) is 52.7 Å². The van der Waals surface area contributed by atoms with Crippen LogP contribution in [0.25, 0.3) is 0 Å². The van der Waals surface area contributed by atoms with Crippen molar-refractivity contribution < 1.29 is 9.53 Å². The summed E-state index contributed by atoms with van der Waals surface area (Å²) >= 11 is 1.64. The van der Waals surface area contributed by atoms with Crippen molar-refractivity contribution >= 4 is 17.2 Å². The fourth-order valence-electron chi connectivity index (χ4n) is 2.33. The zero-order valence-electron chi connectivity index (χ0n) is 12.1. The van der Waals surface area contributed by atoms with Crippen molar-refractivity contribution in [3.63, 3.8) is 0 Å². The number of amides is 1. The maximum Gasteiger partial charge on any atom is 0.238 e. The standard InChI is InChI=1S/C16H19N3O2S/c20-16(17-10-14-7-4-8-22-14)15-9-12(18-19-15)11-21-13-5-2-1-3-6-13/h1-8,12,15,18-19H,9-11H2,(H,17,20). The molecule has 0 aliphatic carbocycles. The molecular weight excluding hydrogens is 298 g/mol. The van der Waals surface area contributed by atoms with Crippen LogP contribution < -0.4 is 20.9 Å². The summed E-state index contributed by atoms with van der Waals surface area (Å²) in [5, 5.41) is 4.96. The molecule has 0 radical (unpaired) electrons. The maximum atomic E-state index is 12.1. The fraction of sp³-hybridized carbons (Fsp3) is 0.312. The number of benzene rings is 1. The zero-order valence-corrected chi connectivity index (χ0v) is 12.9. The first kappa shape index (κ1) is 15.0. The summed E-state index contributed by atoms with van der Waals surface area (Å²) in [6, 6.07) is 13.6. The zero-order chi connectivity index (χ0) is 15.2. The number of hydrogen-bond donors (Lipinski definition) is 3. The van der Waals surface area contributed by atoms with Crippen molar-refractivity contribution in [1.82, 2.24) is 16.2 Å². The molecule has 6 heteroatoms. The summed E-state index contributed by atoms with van der Waals surface area (Å²) in [7, 11) is 0. The van der Waals surface area contributed by atoms with Gasteiger partial charge in [0.25, 0.3) is 0 Å². The highest BCUT2D eigenvalue weighted by Gasteiger charge is 2.29. The van der Waals surface area contributed by atoms with E-state index in [1.54, 1.807) is 11.3 Å². The fourth-order valence-corrected chi connectivity index (χ4v) is 2.97. The van der Waals surface area contributed by atoms with Gasteiger partial charge in [0.15, 0.2) is 0 Å². The Balaban J connectivity index is 1.40. The molecule has 2 aromatic rings. The third-order valence-electron chi connectivity index (χ3n) is 3.51. The van der Waals surface area contributed by atoms with Gasteiger partial charge in [0.05, 0.1) is 12.6 Å². The van der Waals surface area contributed by atoms with E-state index >= 15 is 0 Å². The normalized spacial score (nSPS) is 20.7. The molecule has 22 heavy (non-hydrogen) atoms. The largest absolute Gasteiger partial charge is 0.492 e. The second-order valence-corrected chi connectivity index (χ2v) is 6.23. The number of carbonyl (C=O) groups is 1. The van der Waals surface area contributed by atoms with Crippen molar-refractivity contribution in [3.8, 4) is 5.75 Å². The second-order valence-electron chi connectivity index (χ2n) is 5.20. The van der Waals surface area contributed by atoms with Gasteiger partial charge in [-0.1, -0.05) is 24.3 Å². The number of para-hydroxylation sites is 1. The number of rotatable bonds is 6. The molecule has 3 rings (SSSR count). The van der Waals surface area contributed by atoms with Crippen LogP contribution in [0.2, 0.25) is 0 Å². The molecule has 116 valence electrons. The lowest BCUT2D eigenvalue weighted by Gasteiger charge is -2.11. The van der Waals surface area contributed by atoms with E-state index in [9.17, 15) is 4.79 Å². The van der Waals surface area contributed by atoms with Crippen molar-refractivity contribution in [2.45, 2.75) is 25.0 Å². The number of carbonyl (C=O) groups excluding carboxylic acids is 1. The van der Waals surface area contributed by atoms with E-state index in [2.05, 4.69) is 16.2 Å². The van der Waals surface area contributed by atoms with Gasteiger partial charge >= 0.3 is 0 Å². The van der Waals surface area contributed by atoms with Crippen LogP contribution in [0.4, 0.5) is 0 Å². The van der Waals surface area contributed by atoms with Crippen LogP contribution in [0.15, 0.2) is 47.8 Å². The Bertz CT molecular complexity index is 589. The minimum Gasteiger partial charge on any atom is -0.492 e. The lowest BCUT2D eigenvalue weighted by Crippen LogP contribution is -2.43. The van der Waals surface area contributed by atoms with Crippen LogP contribution in [0, 0.1) is 0 Å². The predicted molar refractivity (Wildman–Crippen MR) is 86.6 cm³/mol. The Morgan fingerprint density at radius 1 is 1.23 bits per heavy atom. The Hall–Kier alpha value is -1.89. The molecule has 0 bridgehead atoms. The van der Waals surface area contributed by atoms with E-state index in [1.165, 1.54) is 0 Å². The third-order valence-corrected chi connectivity index (χ3v) is 4.39. The highest BCUT2D eigenvalue weighted by Crippen LogP contribution is 2.12. The first-order valence-electron chi connectivity index (χ1n) is 7.30. The first-order chi connectivity index (χ1) is 10.8. The Morgan fingerprint density at radius 3 is 2.86 bits per heavy atom. The molecule has 1 aliphatic heterocycles. The maximum absolute atomic E-state index is 12.1. The number of nitrogens with one attached hydrogen (secondary N) is 3. The van der Waals surface area contributed by atoms with Gasteiger partial charge in [0.2, 0.25) is 5.91 Å². The van der Waals surface area contributed by atoms with Gasteiger partial charge < -0.3 is 10.1 Å². The number of thiophene rings is 1. The topological polar surface area (TPSA) is 62.4 Å². The van der Waals surface area contributed by atoms with Gasteiger partial charge in [-0.05, 0) is 30.0 Å². The summed E-state index contributed by atoms with van der Waals surface area (Å²) in [5.74, 6) is 0.859. The highest BCUT2D eigenvalue weighted by atomic mass is 32.1. The SMILES string of the molecule is O=C(NCc1cccs1)C1CC(COc2ccccc2)NN1. The second kappa shape index (κ2) is 7.40. The summed E-state index contributed by atoms with van der Waals surface area (Å²) < 4.78 is 5.70. The van der Waals surface area contributed by atoms with Crippen LogP contribution in [-0.2, 0) is 11.3 Å². The van der Waals surface area contributed by atoms with Gasteiger partial charge in [0.1, 0.15) is 18.4 Å². The monoisotopic (exact) mass is 317 g/mol. The summed E-state index contributed by atoms with van der Waals surface area (Å²) in [4.78, 5) is 13.3. The van der Waals surface area contributed by atoms with Crippen LogP contribution in [0.3, 0.4) is 0 Å². The Kier molecular flexibility index (Phi) is 5.05. The smallest absolute Gasteiger partial charge is 0.238 e. The van der Waals surface area contributed by atoms with Gasteiger partial charge in [0, 0.05) is 4.88 Å². The molecule has 1 fully saturated rings. The molecule has 1 aromatic carbocycles. The van der Waals surface area contributed by atoms with E-state index in [1.807, 2.05) is 47.8 Å². The minimum atomic E-state index is -0.218. The Labute approximate surface area is 133 Å². The van der Waals surface area contributed by atoms with Crippen molar-refractivity contribution in [2.24, 2.45) is 0 Å². The molecule has 1 aromatic heterocycles. The minimum absolute atomic E-state index is 0.0168. The number of hydrogen-bond acceptors (Lipinski definition) is 5. The average Bonchev–Trinajstić information content (AvgIpc) is 3.23. The number of ether oxygens (including phenoxy) is 1. The van der Waals surface area contributed by atoms with Gasteiger partial charge in [-0.25, -0.2) is 5.43 Å². The number of hydrazine groups is 1. The van der Waals surface area contributed by atoms with Crippen LogP contribution in [0.1, 0.15) is 11.3 Å². The summed E-state index contributed by atoms with van der Waals surface area (Å²) in [5.41, 5.74) is 6.15. The molecule has 2 unspecified atom stereocenters. The molecular formula is C16H19N3O2S. The molecule has 2 atom stereocenters. The first-order valence-corrected chi connectivity index (χ1v) is 8.18. The third kappa shape index (κ3) is 4.07. The lowest BCUT2D eigenvalue weighted by molar-refractivity contribution is -0.123. The summed E-state index contributed by atoms with van der Waals surface area (Å²) in [6.45, 7) is 1.12. The van der Waals surface area contributed by atoms with Crippen LogP contribution in [-0.4, -0.2) is 24.6 Å². The molecule has 1 saturated heterocycles. The molecule has 3 N–H and O–H groups in total. The average molecular weight is 317 g/mol. The van der Waals surface area contributed by atoms with E-state index < -0.39 is 0 Å². The molecule has 2 heterocycles. The lowest BCUT2D eigenvalue weighted by atomic mass is 10.1. The molecule has 1 aliphatic rings. The quantitative estimate of drug-likeness (QED) is 0.758. The predicted octanol–water partition coefficient (Wildman–Crippen LogP) is 1.68. The molecule has 0 saturated carbocycles. The van der Waals surface area contributed by atoms with Crippen molar-refractivity contribution in [1.29, 1.82) is 0 Å². The van der Waals surface area contributed by atoms with E-state index in [4.69, 9.17) is 4.74 Å².